The van der Waals surface area contributed by atoms with Gasteiger partial charge >= 0.3 is 5.97 Å². The van der Waals surface area contributed by atoms with E-state index in [4.69, 9.17) is 20.9 Å². The van der Waals surface area contributed by atoms with Gasteiger partial charge in [0, 0.05) is 17.6 Å². The van der Waals surface area contributed by atoms with Gasteiger partial charge in [-0.1, -0.05) is 62.1 Å². The van der Waals surface area contributed by atoms with Crippen molar-refractivity contribution in [1.29, 1.82) is 0 Å². The van der Waals surface area contributed by atoms with E-state index in [-0.39, 0.29) is 18.3 Å². The van der Waals surface area contributed by atoms with E-state index in [1.165, 1.54) is 38.5 Å². The number of carbonyl (C=O) groups excluding carboxylic acids is 1. The first-order chi connectivity index (χ1) is 14.4. The summed E-state index contributed by atoms with van der Waals surface area (Å²) in [6.07, 6.45) is 11.2. The lowest BCUT2D eigenvalue weighted by atomic mass is 9.84. The topological polar surface area (TPSA) is 77.2 Å². The summed E-state index contributed by atoms with van der Waals surface area (Å²) in [5, 5.41) is 4.09. The van der Waals surface area contributed by atoms with Crippen molar-refractivity contribution in [2.75, 3.05) is 11.6 Å². The molecule has 0 aliphatic heterocycles. The number of halogens is 1. The van der Waals surface area contributed by atoms with Gasteiger partial charge in [-0.3, -0.25) is 9.52 Å². The number of hydrogen-bond acceptors (Lipinski definition) is 7. The Morgan fingerprint density at radius 2 is 2.07 bits per heavy atom. The summed E-state index contributed by atoms with van der Waals surface area (Å²) in [5.41, 5.74) is -0.492. The summed E-state index contributed by atoms with van der Waals surface area (Å²) in [6, 6.07) is 0. The van der Waals surface area contributed by atoms with Crippen LogP contribution in [0.25, 0.3) is 0 Å². The molecule has 2 rings (SSSR count). The molecule has 1 aliphatic rings. The van der Waals surface area contributed by atoms with Gasteiger partial charge in [0.1, 0.15) is 5.60 Å². The Morgan fingerprint density at radius 1 is 1.30 bits per heavy atom. The van der Waals surface area contributed by atoms with Crippen molar-refractivity contribution in [2.45, 2.75) is 103 Å². The smallest absolute Gasteiger partial charge is 0.307 e. The SMILES string of the molecule is CC(C)(C)OC(=O)C[C@@H](CCCC1CCCCC1)c1nc(CNSCCCCl)no1. The average Bonchev–Trinajstić information content (AvgIpc) is 3.15. The minimum atomic E-state index is -0.492. The van der Waals surface area contributed by atoms with Gasteiger partial charge in [0.2, 0.25) is 5.89 Å². The molecule has 1 N–H and O–H groups in total. The molecule has 0 radical (unpaired) electrons. The number of nitrogens with zero attached hydrogens (tertiary/aromatic N) is 2. The fourth-order valence-corrected chi connectivity index (χ4v) is 4.80. The van der Waals surface area contributed by atoms with Crippen LogP contribution >= 0.6 is 23.5 Å². The number of ether oxygens (including phenoxy) is 1. The minimum Gasteiger partial charge on any atom is -0.460 e. The summed E-state index contributed by atoms with van der Waals surface area (Å²) >= 11 is 7.30. The standard InChI is InChI=1S/C22H38ClN3O3S/c1-22(2,3)28-20(27)15-18(12-7-11-17-9-5-4-6-10-17)21-25-19(26-29-21)16-24-30-14-8-13-23/h17-18,24H,4-16H2,1-3H3/t18-/m1/s1. The summed E-state index contributed by atoms with van der Waals surface area (Å²) < 4.78 is 14.3. The molecule has 0 aromatic carbocycles. The fraction of sp³-hybridized carbons (Fsp3) is 0.864. The predicted molar refractivity (Wildman–Crippen MR) is 123 cm³/mol. The van der Waals surface area contributed by atoms with Gasteiger partial charge in [0.05, 0.1) is 13.0 Å². The molecule has 0 unspecified atom stereocenters. The number of carbonyl (C=O) groups is 1. The van der Waals surface area contributed by atoms with Crippen LogP contribution in [0, 0.1) is 5.92 Å². The zero-order valence-corrected chi connectivity index (χ0v) is 20.3. The van der Waals surface area contributed by atoms with Gasteiger partial charge in [-0.2, -0.15) is 4.98 Å². The van der Waals surface area contributed by atoms with Gasteiger partial charge in [0.25, 0.3) is 0 Å². The molecular formula is C22H38ClN3O3S. The number of esters is 1. The quantitative estimate of drug-likeness (QED) is 0.167. The lowest BCUT2D eigenvalue weighted by molar-refractivity contribution is -0.155. The first-order valence-electron chi connectivity index (χ1n) is 11.3. The van der Waals surface area contributed by atoms with Gasteiger partial charge in [-0.05, 0) is 39.5 Å². The molecule has 1 aromatic heterocycles. The molecule has 1 aliphatic carbocycles. The van der Waals surface area contributed by atoms with Crippen LogP contribution < -0.4 is 4.72 Å². The monoisotopic (exact) mass is 459 g/mol. The summed E-state index contributed by atoms with van der Waals surface area (Å²) in [6.45, 7) is 6.20. The Kier molecular flexibility index (Phi) is 11.5. The third-order valence-corrected chi connectivity index (χ3v) is 6.38. The maximum atomic E-state index is 12.4. The fourth-order valence-electron chi connectivity index (χ4n) is 3.85. The molecule has 1 atom stereocenters. The average molecular weight is 460 g/mol. The normalized spacial score (nSPS) is 16.5. The zero-order chi connectivity index (χ0) is 21.8. The van der Waals surface area contributed by atoms with Crippen LogP contribution in [0.1, 0.15) is 103 Å². The third kappa shape index (κ3) is 10.5. The summed E-state index contributed by atoms with van der Waals surface area (Å²) in [4.78, 5) is 17.0. The van der Waals surface area contributed by atoms with Crippen molar-refractivity contribution in [3.05, 3.63) is 11.7 Å². The minimum absolute atomic E-state index is 0.0893. The summed E-state index contributed by atoms with van der Waals surface area (Å²) in [5.74, 6) is 3.30. The molecule has 1 saturated carbocycles. The highest BCUT2D eigenvalue weighted by Gasteiger charge is 2.26. The number of alkyl halides is 1. The maximum absolute atomic E-state index is 12.4. The molecule has 0 spiro atoms. The highest BCUT2D eigenvalue weighted by Crippen LogP contribution is 2.31. The van der Waals surface area contributed by atoms with E-state index in [1.807, 2.05) is 20.8 Å². The second-order valence-electron chi connectivity index (χ2n) is 9.18. The predicted octanol–water partition coefficient (Wildman–Crippen LogP) is 6.00. The Labute approximate surface area is 190 Å². The largest absolute Gasteiger partial charge is 0.460 e. The van der Waals surface area contributed by atoms with Crippen molar-refractivity contribution in [2.24, 2.45) is 5.92 Å². The van der Waals surface area contributed by atoms with Crippen molar-refractivity contribution in [1.82, 2.24) is 14.9 Å². The Morgan fingerprint density at radius 3 is 2.77 bits per heavy atom. The van der Waals surface area contributed by atoms with Crippen LogP contribution in [-0.4, -0.2) is 33.3 Å². The summed E-state index contributed by atoms with van der Waals surface area (Å²) in [7, 11) is 0. The van der Waals surface area contributed by atoms with Gasteiger partial charge in [0.15, 0.2) is 5.82 Å². The highest BCUT2D eigenvalue weighted by molar-refractivity contribution is 7.97. The van der Waals surface area contributed by atoms with Crippen LogP contribution in [0.5, 0.6) is 0 Å². The van der Waals surface area contributed by atoms with Crippen LogP contribution in [0.2, 0.25) is 0 Å². The van der Waals surface area contributed by atoms with Crippen molar-refractivity contribution < 1.29 is 14.1 Å². The van der Waals surface area contributed by atoms with Gasteiger partial charge in [-0.15, -0.1) is 11.6 Å². The highest BCUT2D eigenvalue weighted by atomic mass is 35.5. The zero-order valence-electron chi connectivity index (χ0n) is 18.8. The van der Waals surface area contributed by atoms with Crippen LogP contribution in [0.3, 0.4) is 0 Å². The lowest BCUT2D eigenvalue weighted by Gasteiger charge is -2.23. The number of aromatic nitrogens is 2. The first kappa shape index (κ1) is 25.5. The van der Waals surface area contributed by atoms with Crippen molar-refractivity contribution in [3.8, 4) is 0 Å². The third-order valence-electron chi connectivity index (χ3n) is 5.27. The number of rotatable bonds is 13. The maximum Gasteiger partial charge on any atom is 0.307 e. The molecular weight excluding hydrogens is 422 g/mol. The van der Waals surface area contributed by atoms with E-state index in [0.29, 0.717) is 24.1 Å². The Balaban J connectivity index is 1.89. The van der Waals surface area contributed by atoms with Crippen molar-refractivity contribution in [3.63, 3.8) is 0 Å². The van der Waals surface area contributed by atoms with Crippen LogP contribution in [0.4, 0.5) is 0 Å². The first-order valence-corrected chi connectivity index (χ1v) is 12.8. The molecule has 0 amide bonds. The molecule has 8 heteroatoms. The van der Waals surface area contributed by atoms with E-state index in [9.17, 15) is 4.79 Å². The Hall–Kier alpha value is -0.790. The second-order valence-corrected chi connectivity index (χ2v) is 10.5. The molecule has 30 heavy (non-hydrogen) atoms. The van der Waals surface area contributed by atoms with Crippen LogP contribution in [-0.2, 0) is 16.1 Å². The van der Waals surface area contributed by atoms with Crippen LogP contribution in [0.15, 0.2) is 4.52 Å². The van der Waals surface area contributed by atoms with Crippen molar-refractivity contribution >= 4 is 29.5 Å². The molecule has 0 bridgehead atoms. The lowest BCUT2D eigenvalue weighted by Crippen LogP contribution is -2.25. The van der Waals surface area contributed by atoms with E-state index < -0.39 is 5.60 Å². The second kappa shape index (κ2) is 13.6. The molecule has 1 fully saturated rings. The number of nitrogens with one attached hydrogen (secondary N) is 1. The molecule has 1 heterocycles. The van der Waals surface area contributed by atoms with Gasteiger partial charge < -0.3 is 9.26 Å². The van der Waals surface area contributed by atoms with E-state index in [1.54, 1.807) is 11.9 Å². The Bertz CT molecular complexity index is 615. The molecule has 1 aromatic rings. The van der Waals surface area contributed by atoms with Gasteiger partial charge in [-0.25, -0.2) is 0 Å². The molecule has 0 saturated heterocycles. The number of hydrogen-bond donors (Lipinski definition) is 1. The van der Waals surface area contributed by atoms with E-state index >= 15 is 0 Å². The molecule has 172 valence electrons. The molecule has 6 nitrogen and oxygen atoms in total. The van der Waals surface area contributed by atoms with E-state index in [0.717, 1.165) is 30.9 Å². The van der Waals surface area contributed by atoms with E-state index in [2.05, 4.69) is 14.9 Å².